The number of nitrogens with zero attached hydrogens (tertiary/aromatic N) is 4. The van der Waals surface area contributed by atoms with Crippen LogP contribution in [-0.2, 0) is 0 Å². The van der Waals surface area contributed by atoms with Crippen LogP contribution in [0.1, 0.15) is 0 Å². The highest BCUT2D eigenvalue weighted by Gasteiger charge is 2.28. The lowest BCUT2D eigenvalue weighted by molar-refractivity contribution is 1.18. The van der Waals surface area contributed by atoms with E-state index >= 15 is 9.59 Å². The maximum absolute atomic E-state index is 16.9. The molecule has 0 saturated heterocycles. The smallest absolute Gasteiger partial charge is 0.195 e. The van der Waals surface area contributed by atoms with Crippen LogP contribution in [0, 0.1) is 0 Å². The summed E-state index contributed by atoms with van der Waals surface area (Å²) in [4.78, 5) is 33.6. The van der Waals surface area contributed by atoms with Crippen LogP contribution in [-0.4, -0.2) is 18.3 Å². The van der Waals surface area contributed by atoms with Crippen LogP contribution in [0.25, 0.3) is 242 Å². The highest BCUT2D eigenvalue weighted by molar-refractivity contribution is 6.30. The minimum atomic E-state index is -0.177. The van der Waals surface area contributed by atoms with E-state index in [1.54, 1.807) is 0 Å². The van der Waals surface area contributed by atoms with Gasteiger partial charge in [-0.1, -0.05) is 279 Å². The Morgan fingerprint density at radius 2 is 0.385 bits per heavy atom. The van der Waals surface area contributed by atoms with Gasteiger partial charge in [-0.05, 0) is 251 Å². The van der Waals surface area contributed by atoms with Gasteiger partial charge in [-0.3, -0.25) is 9.59 Å². The van der Waals surface area contributed by atoms with Gasteiger partial charge in [0.05, 0.1) is 44.1 Å². The van der Waals surface area contributed by atoms with Crippen molar-refractivity contribution in [2.45, 2.75) is 0 Å². The summed E-state index contributed by atoms with van der Waals surface area (Å²) in [5, 5.41) is 13.9. The number of aromatic nitrogens is 4. The molecule has 0 spiro atoms. The summed E-state index contributed by atoms with van der Waals surface area (Å²) in [5.74, 6) is 0. The third kappa shape index (κ3) is 10.6. The molecule has 0 saturated carbocycles. The van der Waals surface area contributed by atoms with Crippen molar-refractivity contribution in [1.29, 1.82) is 0 Å². The Hall–Kier alpha value is -16.3. The topological polar surface area (TPSA) is 53.9 Å². The fraction of sp³-hybridized carbons (Fsp3) is 0. The normalized spacial score (nSPS) is 12.0. The Labute approximate surface area is 700 Å². The van der Waals surface area contributed by atoms with Crippen molar-refractivity contribution in [1.82, 2.24) is 18.3 Å². The highest BCUT2D eigenvalue weighted by Crippen LogP contribution is 2.49. The van der Waals surface area contributed by atoms with Crippen LogP contribution >= 0.6 is 0 Å². The van der Waals surface area contributed by atoms with E-state index in [1.165, 1.54) is 0 Å². The van der Waals surface area contributed by atoms with Gasteiger partial charge in [0.1, 0.15) is 0 Å². The molecule has 0 aliphatic rings. The van der Waals surface area contributed by atoms with Crippen LogP contribution in [0.4, 0.5) is 0 Å². The Kier molecular flexibility index (Phi) is 15.3. The third-order valence-electron chi connectivity index (χ3n) is 25.8. The standard InChI is InChI=1S/C116H70N4O2/c121-115-102-70-95(82-44-52-91-89-50-42-79(74-31-15-4-16-32-74)66-109(89)120(111(91)68-82)87-39-23-8-24-40-87)94(81-43-51-90-88-49-41-78(73-29-13-3-14-30-73)65-108(88)119(110(90)67-81)86-37-21-7-22-38-86)69-97(102)92-53-54-93-112-96(80-48-58-107-101(62-80)99-60-76(72-27-11-2-12-28-72)46-56-105(99)118(107)85-35-19-6-20-36-85)63-83(64-103(112)116(122)114(93)113(92)115)77-47-57-106-100(61-77)98-59-75(71-25-9-1-10-26-71)45-55-104(98)117(106)84-33-17-5-18-34-84/h1-70H. The fourth-order valence-electron chi connectivity index (χ4n) is 20.2. The summed E-state index contributed by atoms with van der Waals surface area (Å²) in [5.41, 5.74) is 29.0. The van der Waals surface area contributed by atoms with Crippen LogP contribution in [0.15, 0.2) is 434 Å². The molecule has 4 heterocycles. The lowest BCUT2D eigenvalue weighted by Gasteiger charge is -2.14. The minimum absolute atomic E-state index is 0.177. The monoisotopic (exact) mass is 1550 g/mol. The zero-order valence-electron chi connectivity index (χ0n) is 66.0. The molecule has 6 nitrogen and oxygen atoms in total. The predicted molar refractivity (Wildman–Crippen MR) is 512 cm³/mol. The lowest BCUT2D eigenvalue weighted by atomic mass is 9.91. The average Bonchev–Trinajstić information content (AvgIpc) is 1.54. The van der Waals surface area contributed by atoms with E-state index in [0.29, 0.717) is 21.5 Å². The summed E-state index contributed by atoms with van der Waals surface area (Å²) in [6, 6.07) is 153. The molecule has 25 rings (SSSR count). The largest absolute Gasteiger partial charge is 0.309 e. The number of para-hydroxylation sites is 4. The highest BCUT2D eigenvalue weighted by atomic mass is 16.1. The van der Waals surface area contributed by atoms with Crippen LogP contribution in [0.5, 0.6) is 0 Å². The first kappa shape index (κ1) is 68.9. The number of hydrogen-bond acceptors (Lipinski definition) is 2. The van der Waals surface area contributed by atoms with Crippen LogP contribution < -0.4 is 10.9 Å². The molecule has 0 atom stereocenters. The van der Waals surface area contributed by atoms with E-state index in [-0.39, 0.29) is 10.9 Å². The first-order chi connectivity index (χ1) is 60.3. The van der Waals surface area contributed by atoms with Crippen LogP contribution in [0.3, 0.4) is 0 Å². The minimum Gasteiger partial charge on any atom is -0.309 e. The SMILES string of the molecule is O=c1c2cc(-c3ccc4c5ccc(-c6ccccc6)cc5n(-c5ccccc5)c4c3)c(-c3ccc4c5ccc(-c6ccccc6)cc5n(-c5ccccc5)c4c3)cc2c2ccc3c4c(-c5ccc6c(c5)c5cc(-c7ccccc7)ccc5n6-c5ccccc5)cc(-c5ccc6c(c5)c5cc(-c7ccccc7)ccc5n6-c5ccccc5)cc4c(=O)c3c12. The molecule has 0 unspecified atom stereocenters. The molecule has 566 valence electrons. The molecule has 0 radical (unpaired) electrons. The van der Waals surface area contributed by atoms with E-state index in [2.05, 4.69) is 443 Å². The quantitative estimate of drug-likeness (QED) is 0.122. The van der Waals surface area contributed by atoms with Gasteiger partial charge in [0.2, 0.25) is 0 Å². The van der Waals surface area contributed by atoms with Gasteiger partial charge in [0, 0.05) is 92.8 Å². The molecular weight excluding hydrogens is 1480 g/mol. The molecule has 0 amide bonds. The van der Waals surface area contributed by atoms with Gasteiger partial charge in [0.15, 0.2) is 10.9 Å². The molecule has 4 aromatic heterocycles. The van der Waals surface area contributed by atoms with E-state index in [1.807, 2.05) is 0 Å². The first-order valence-electron chi connectivity index (χ1n) is 41.8. The van der Waals surface area contributed by atoms with Crippen LogP contribution in [0.2, 0.25) is 0 Å². The Morgan fingerprint density at radius 1 is 0.131 bits per heavy atom. The molecule has 0 aliphatic carbocycles. The fourth-order valence-corrected chi connectivity index (χ4v) is 20.2. The summed E-state index contributed by atoms with van der Waals surface area (Å²) >= 11 is 0. The number of fused-ring (bicyclic) bond motifs is 19. The van der Waals surface area contributed by atoms with Crippen molar-refractivity contribution in [3.05, 3.63) is 445 Å². The van der Waals surface area contributed by atoms with E-state index in [9.17, 15) is 0 Å². The molecule has 25 aromatic rings. The number of rotatable bonds is 12. The molecule has 0 bridgehead atoms. The summed E-state index contributed by atoms with van der Waals surface area (Å²) in [6.45, 7) is 0. The Morgan fingerprint density at radius 3 is 0.770 bits per heavy atom. The summed E-state index contributed by atoms with van der Waals surface area (Å²) in [7, 11) is 0. The Bertz CT molecular complexity index is 8740. The predicted octanol–water partition coefficient (Wildman–Crippen LogP) is 29.6. The van der Waals surface area contributed by atoms with E-state index in [4.69, 9.17) is 0 Å². The van der Waals surface area contributed by atoms with Crippen molar-refractivity contribution >= 4 is 130 Å². The zero-order valence-corrected chi connectivity index (χ0v) is 66.0. The maximum atomic E-state index is 16.9. The Balaban J connectivity index is 0.754. The van der Waals surface area contributed by atoms with Crippen molar-refractivity contribution in [2.24, 2.45) is 0 Å². The summed E-state index contributed by atoms with van der Waals surface area (Å²) < 4.78 is 9.52. The third-order valence-corrected chi connectivity index (χ3v) is 25.8. The second-order valence-electron chi connectivity index (χ2n) is 32.5. The van der Waals surface area contributed by atoms with Crippen molar-refractivity contribution in [3.8, 4) is 112 Å². The van der Waals surface area contributed by atoms with Gasteiger partial charge >= 0.3 is 0 Å². The molecule has 0 N–H and O–H groups in total. The lowest BCUT2D eigenvalue weighted by Crippen LogP contribution is -2.01. The maximum Gasteiger partial charge on any atom is 0.195 e. The van der Waals surface area contributed by atoms with Gasteiger partial charge < -0.3 is 18.3 Å². The number of benzene rings is 19. The van der Waals surface area contributed by atoms with Gasteiger partial charge in [-0.15, -0.1) is 0 Å². The van der Waals surface area contributed by atoms with Gasteiger partial charge in [-0.25, -0.2) is 0 Å². The van der Waals surface area contributed by atoms with Crippen molar-refractivity contribution < 1.29 is 0 Å². The second kappa shape index (κ2) is 27.1. The van der Waals surface area contributed by atoms with Gasteiger partial charge in [0.25, 0.3) is 0 Å². The molecule has 0 aliphatic heterocycles. The molecule has 21 aromatic carbocycles. The first-order valence-corrected chi connectivity index (χ1v) is 41.8. The molecule has 122 heavy (non-hydrogen) atoms. The molecular formula is C116H70N4O2. The zero-order chi connectivity index (χ0) is 80.4. The molecule has 6 heteroatoms. The van der Waals surface area contributed by atoms with Crippen molar-refractivity contribution in [3.63, 3.8) is 0 Å². The summed E-state index contributed by atoms with van der Waals surface area (Å²) in [6.07, 6.45) is 0. The van der Waals surface area contributed by atoms with Gasteiger partial charge in [-0.2, -0.15) is 0 Å². The van der Waals surface area contributed by atoms with E-state index < -0.39 is 0 Å². The second-order valence-corrected chi connectivity index (χ2v) is 32.5. The average molecular weight is 1550 g/mol. The molecule has 0 fully saturated rings. The van der Waals surface area contributed by atoms with Crippen molar-refractivity contribution in [2.75, 3.05) is 0 Å². The van der Waals surface area contributed by atoms with E-state index in [0.717, 1.165) is 221 Å². The number of hydrogen-bond donors (Lipinski definition) is 0.